The summed E-state index contributed by atoms with van der Waals surface area (Å²) in [7, 11) is 0. The summed E-state index contributed by atoms with van der Waals surface area (Å²) in [6.45, 7) is 0.0338. The molecular formula is C14H10ClF4NO. The number of rotatable bonds is 4. The number of nitrogens with one attached hydrogen (secondary N) is 1. The number of para-hydroxylation sites is 1. The monoisotopic (exact) mass is 319 g/mol. The van der Waals surface area contributed by atoms with E-state index >= 15 is 0 Å². The van der Waals surface area contributed by atoms with Crippen LogP contribution in [0.4, 0.5) is 23.2 Å². The third-order valence-electron chi connectivity index (χ3n) is 2.54. The van der Waals surface area contributed by atoms with Crippen molar-refractivity contribution in [2.24, 2.45) is 0 Å². The van der Waals surface area contributed by atoms with E-state index in [2.05, 4.69) is 10.1 Å². The lowest BCUT2D eigenvalue weighted by atomic mass is 10.2. The highest BCUT2D eigenvalue weighted by Crippen LogP contribution is 2.27. The van der Waals surface area contributed by atoms with Crippen LogP contribution in [0.3, 0.4) is 0 Å². The van der Waals surface area contributed by atoms with Crippen molar-refractivity contribution in [3.05, 3.63) is 58.9 Å². The van der Waals surface area contributed by atoms with Crippen LogP contribution in [0.25, 0.3) is 0 Å². The molecule has 2 aromatic rings. The molecule has 0 atom stereocenters. The Kier molecular flexibility index (Phi) is 4.57. The third-order valence-corrected chi connectivity index (χ3v) is 2.76. The molecule has 0 aliphatic heterocycles. The van der Waals surface area contributed by atoms with Crippen molar-refractivity contribution in [2.45, 2.75) is 12.9 Å². The maximum absolute atomic E-state index is 13.2. The van der Waals surface area contributed by atoms with E-state index in [4.69, 9.17) is 11.6 Å². The fraction of sp³-hybridized carbons (Fsp3) is 0.143. The molecule has 0 saturated carbocycles. The minimum atomic E-state index is -4.77. The molecule has 0 bridgehead atoms. The van der Waals surface area contributed by atoms with Gasteiger partial charge in [0.2, 0.25) is 0 Å². The van der Waals surface area contributed by atoms with Crippen LogP contribution in [0, 0.1) is 5.82 Å². The van der Waals surface area contributed by atoms with Crippen molar-refractivity contribution in [1.82, 2.24) is 0 Å². The Bertz CT molecular complexity index is 610. The number of benzene rings is 2. The molecule has 0 aliphatic carbocycles. The zero-order valence-electron chi connectivity index (χ0n) is 10.5. The number of hydrogen-bond donors (Lipinski definition) is 1. The van der Waals surface area contributed by atoms with Gasteiger partial charge >= 0.3 is 6.36 Å². The van der Waals surface area contributed by atoms with Gasteiger partial charge in [0, 0.05) is 22.8 Å². The summed E-state index contributed by atoms with van der Waals surface area (Å²) < 4.78 is 53.9. The van der Waals surface area contributed by atoms with Crippen molar-refractivity contribution >= 4 is 17.3 Å². The van der Waals surface area contributed by atoms with Gasteiger partial charge in [0.25, 0.3) is 0 Å². The van der Waals surface area contributed by atoms with Crippen molar-refractivity contribution < 1.29 is 22.3 Å². The maximum atomic E-state index is 13.2. The molecule has 0 saturated heterocycles. The second kappa shape index (κ2) is 6.22. The highest BCUT2D eigenvalue weighted by atomic mass is 35.5. The van der Waals surface area contributed by atoms with Gasteiger partial charge in [0.05, 0.1) is 0 Å². The first-order valence-corrected chi connectivity index (χ1v) is 6.25. The van der Waals surface area contributed by atoms with Crippen LogP contribution in [-0.2, 0) is 6.54 Å². The molecule has 2 nitrogen and oxygen atoms in total. The van der Waals surface area contributed by atoms with E-state index in [1.807, 2.05) is 0 Å². The molecule has 0 heterocycles. The Morgan fingerprint density at radius 2 is 1.81 bits per heavy atom. The first kappa shape index (κ1) is 15.4. The predicted molar refractivity (Wildman–Crippen MR) is 71.9 cm³/mol. The number of alkyl halides is 3. The summed E-state index contributed by atoms with van der Waals surface area (Å²) in [6.07, 6.45) is -4.77. The van der Waals surface area contributed by atoms with Gasteiger partial charge in [0.1, 0.15) is 11.6 Å². The average molecular weight is 320 g/mol. The zero-order chi connectivity index (χ0) is 15.5. The number of ether oxygens (including phenoxy) is 1. The lowest BCUT2D eigenvalue weighted by molar-refractivity contribution is -0.274. The van der Waals surface area contributed by atoms with E-state index in [1.54, 1.807) is 6.07 Å². The van der Waals surface area contributed by atoms with E-state index in [0.29, 0.717) is 5.69 Å². The van der Waals surface area contributed by atoms with Gasteiger partial charge in [-0.1, -0.05) is 29.8 Å². The maximum Gasteiger partial charge on any atom is 0.573 e. The summed E-state index contributed by atoms with van der Waals surface area (Å²) in [6, 6.07) is 9.50. The van der Waals surface area contributed by atoms with Crippen LogP contribution in [0.2, 0.25) is 5.02 Å². The summed E-state index contributed by atoms with van der Waals surface area (Å²) in [5.41, 5.74) is 0.650. The Labute approximate surface area is 123 Å². The smallest absolute Gasteiger partial charge is 0.405 e. The minimum absolute atomic E-state index is 0.0338. The molecule has 0 fully saturated rings. The van der Waals surface area contributed by atoms with Gasteiger partial charge in [-0.05, 0) is 24.3 Å². The van der Waals surface area contributed by atoms with Gasteiger partial charge in [-0.2, -0.15) is 0 Å². The molecule has 2 aromatic carbocycles. The summed E-state index contributed by atoms with van der Waals surface area (Å²) in [5.74, 6) is -0.843. The van der Waals surface area contributed by atoms with Gasteiger partial charge in [-0.3, -0.25) is 0 Å². The Morgan fingerprint density at radius 1 is 1.10 bits per heavy atom. The predicted octanol–water partition coefficient (Wildman–Crippen LogP) is 4.99. The van der Waals surface area contributed by atoms with Crippen molar-refractivity contribution in [2.75, 3.05) is 5.32 Å². The minimum Gasteiger partial charge on any atom is -0.405 e. The molecule has 0 spiro atoms. The van der Waals surface area contributed by atoms with E-state index in [0.717, 1.165) is 6.07 Å². The molecule has 2 rings (SSSR count). The van der Waals surface area contributed by atoms with E-state index in [9.17, 15) is 17.6 Å². The van der Waals surface area contributed by atoms with Gasteiger partial charge in [-0.15, -0.1) is 13.2 Å². The van der Waals surface area contributed by atoms with Crippen LogP contribution in [0.5, 0.6) is 5.75 Å². The molecule has 7 heteroatoms. The Morgan fingerprint density at radius 3 is 2.48 bits per heavy atom. The SMILES string of the molecule is Fc1cc(Cl)cc(NCc2ccccc2OC(F)(F)F)c1. The van der Waals surface area contributed by atoms with Crippen LogP contribution >= 0.6 is 11.6 Å². The first-order chi connectivity index (χ1) is 9.83. The number of hydrogen-bond acceptors (Lipinski definition) is 2. The molecule has 0 radical (unpaired) electrons. The van der Waals surface area contributed by atoms with Crippen molar-refractivity contribution in [1.29, 1.82) is 0 Å². The number of halogens is 5. The average Bonchev–Trinajstić information content (AvgIpc) is 2.35. The van der Waals surface area contributed by atoms with Crippen LogP contribution in [0.15, 0.2) is 42.5 Å². The molecular weight excluding hydrogens is 310 g/mol. The number of anilines is 1. The second-order valence-corrected chi connectivity index (χ2v) is 4.60. The Balaban J connectivity index is 2.13. The van der Waals surface area contributed by atoms with Gasteiger partial charge in [-0.25, -0.2) is 4.39 Å². The zero-order valence-corrected chi connectivity index (χ0v) is 11.3. The highest BCUT2D eigenvalue weighted by Gasteiger charge is 2.31. The van der Waals surface area contributed by atoms with E-state index in [-0.39, 0.29) is 22.9 Å². The summed E-state index contributed by atoms with van der Waals surface area (Å²) >= 11 is 5.70. The third kappa shape index (κ3) is 4.82. The van der Waals surface area contributed by atoms with Gasteiger partial charge in [0.15, 0.2) is 0 Å². The fourth-order valence-corrected chi connectivity index (χ4v) is 1.95. The van der Waals surface area contributed by atoms with Crippen LogP contribution < -0.4 is 10.1 Å². The first-order valence-electron chi connectivity index (χ1n) is 5.87. The molecule has 1 N–H and O–H groups in total. The molecule has 0 aliphatic rings. The summed E-state index contributed by atoms with van der Waals surface area (Å²) in [5, 5.41) is 2.99. The van der Waals surface area contributed by atoms with Crippen LogP contribution in [-0.4, -0.2) is 6.36 Å². The van der Waals surface area contributed by atoms with Gasteiger partial charge < -0.3 is 10.1 Å². The van der Waals surface area contributed by atoms with E-state index in [1.165, 1.54) is 30.3 Å². The van der Waals surface area contributed by atoms with E-state index < -0.39 is 12.2 Å². The quantitative estimate of drug-likeness (QED) is 0.802. The molecule has 0 aromatic heterocycles. The lowest BCUT2D eigenvalue weighted by Gasteiger charge is -2.14. The molecule has 0 amide bonds. The molecule has 112 valence electrons. The topological polar surface area (TPSA) is 21.3 Å². The second-order valence-electron chi connectivity index (χ2n) is 4.17. The largest absolute Gasteiger partial charge is 0.573 e. The van der Waals surface area contributed by atoms with Crippen molar-refractivity contribution in [3.8, 4) is 5.75 Å². The van der Waals surface area contributed by atoms with Crippen molar-refractivity contribution in [3.63, 3.8) is 0 Å². The fourth-order valence-electron chi connectivity index (χ4n) is 1.73. The Hall–Kier alpha value is -1.95. The molecule has 21 heavy (non-hydrogen) atoms. The normalized spacial score (nSPS) is 11.3. The summed E-state index contributed by atoms with van der Waals surface area (Å²) in [4.78, 5) is 0. The highest BCUT2D eigenvalue weighted by molar-refractivity contribution is 6.30. The van der Waals surface area contributed by atoms with Crippen LogP contribution in [0.1, 0.15) is 5.56 Å². The lowest BCUT2D eigenvalue weighted by Crippen LogP contribution is -2.18. The molecule has 0 unspecified atom stereocenters. The standard InChI is InChI=1S/C14H10ClF4NO/c15-10-5-11(16)7-12(6-10)20-8-9-3-1-2-4-13(9)21-14(17,18)19/h1-7,20H,8H2.